The van der Waals surface area contributed by atoms with Gasteiger partial charge in [-0.2, -0.15) is 0 Å². The van der Waals surface area contributed by atoms with Gasteiger partial charge in [-0.05, 0) is 38.1 Å². The molecule has 2 atom stereocenters. The zero-order valence-electron chi connectivity index (χ0n) is 9.82. The maximum atomic E-state index is 11.6. The van der Waals surface area contributed by atoms with E-state index in [-0.39, 0.29) is 24.2 Å². The molecule has 0 aromatic heterocycles. The van der Waals surface area contributed by atoms with Crippen LogP contribution in [0, 0.1) is 11.8 Å². The summed E-state index contributed by atoms with van der Waals surface area (Å²) >= 11 is 0. The van der Waals surface area contributed by atoms with Crippen LogP contribution in [0.15, 0.2) is 0 Å². The van der Waals surface area contributed by atoms with Crippen LogP contribution in [0.3, 0.4) is 0 Å². The van der Waals surface area contributed by atoms with Crippen LogP contribution < -0.4 is 11.1 Å². The molecule has 1 saturated carbocycles. The van der Waals surface area contributed by atoms with Gasteiger partial charge in [-0.25, -0.2) is 4.79 Å². The standard InChI is InChI=1S/C11H20N2O3/c1-7(6-12)5-9(14)13-11(2,10(15)16)8-3-4-8/h7-8H,3-6,12H2,1-2H3,(H,13,14)(H,15,16). The second-order valence-electron chi connectivity index (χ2n) is 4.87. The van der Waals surface area contributed by atoms with Gasteiger partial charge in [-0.1, -0.05) is 6.92 Å². The van der Waals surface area contributed by atoms with Crippen molar-refractivity contribution < 1.29 is 14.7 Å². The van der Waals surface area contributed by atoms with E-state index < -0.39 is 11.5 Å². The van der Waals surface area contributed by atoms with Gasteiger partial charge in [-0.15, -0.1) is 0 Å². The molecule has 0 radical (unpaired) electrons. The van der Waals surface area contributed by atoms with Gasteiger partial charge in [0.2, 0.25) is 5.91 Å². The van der Waals surface area contributed by atoms with E-state index >= 15 is 0 Å². The molecule has 0 bridgehead atoms. The summed E-state index contributed by atoms with van der Waals surface area (Å²) in [5.41, 5.74) is 4.31. The van der Waals surface area contributed by atoms with Crippen LogP contribution in [-0.2, 0) is 9.59 Å². The molecule has 92 valence electrons. The first kappa shape index (κ1) is 13.0. The summed E-state index contributed by atoms with van der Waals surface area (Å²) in [6, 6.07) is 0. The zero-order chi connectivity index (χ0) is 12.3. The Kier molecular flexibility index (Phi) is 3.91. The number of nitrogens with one attached hydrogen (secondary N) is 1. The highest BCUT2D eigenvalue weighted by Crippen LogP contribution is 2.39. The molecule has 0 aromatic rings. The fraction of sp³-hybridized carbons (Fsp3) is 0.818. The predicted molar refractivity (Wildman–Crippen MR) is 59.7 cm³/mol. The normalized spacial score (nSPS) is 20.9. The van der Waals surface area contributed by atoms with Crippen LogP contribution in [0.25, 0.3) is 0 Å². The van der Waals surface area contributed by atoms with E-state index in [4.69, 9.17) is 10.8 Å². The molecule has 1 amide bonds. The van der Waals surface area contributed by atoms with E-state index in [1.807, 2.05) is 6.92 Å². The van der Waals surface area contributed by atoms with Crippen LogP contribution in [0.4, 0.5) is 0 Å². The molecule has 1 aliphatic rings. The molecule has 0 spiro atoms. The molecule has 4 N–H and O–H groups in total. The molecular formula is C11H20N2O3. The van der Waals surface area contributed by atoms with Crippen molar-refractivity contribution in [1.29, 1.82) is 0 Å². The van der Waals surface area contributed by atoms with Crippen LogP contribution in [0.2, 0.25) is 0 Å². The highest BCUT2D eigenvalue weighted by Gasteiger charge is 2.48. The van der Waals surface area contributed by atoms with Crippen molar-refractivity contribution in [3.05, 3.63) is 0 Å². The predicted octanol–water partition coefficient (Wildman–Crippen LogP) is 0.341. The Morgan fingerprint density at radius 1 is 1.56 bits per heavy atom. The van der Waals surface area contributed by atoms with Crippen molar-refractivity contribution in [1.82, 2.24) is 5.32 Å². The van der Waals surface area contributed by atoms with E-state index in [1.54, 1.807) is 6.92 Å². The van der Waals surface area contributed by atoms with Gasteiger partial charge in [0.1, 0.15) is 5.54 Å². The Hall–Kier alpha value is -1.10. The third kappa shape index (κ3) is 2.95. The summed E-state index contributed by atoms with van der Waals surface area (Å²) in [6.07, 6.45) is 2.02. The molecule has 16 heavy (non-hydrogen) atoms. The third-order valence-corrected chi connectivity index (χ3v) is 3.17. The fourth-order valence-electron chi connectivity index (χ4n) is 1.73. The maximum Gasteiger partial charge on any atom is 0.329 e. The molecule has 0 heterocycles. The number of carbonyl (C=O) groups excluding carboxylic acids is 1. The van der Waals surface area contributed by atoms with Gasteiger partial charge in [0.15, 0.2) is 0 Å². The second kappa shape index (κ2) is 4.82. The van der Waals surface area contributed by atoms with Crippen molar-refractivity contribution in [3.8, 4) is 0 Å². The fourth-order valence-corrected chi connectivity index (χ4v) is 1.73. The van der Waals surface area contributed by atoms with Crippen LogP contribution in [-0.4, -0.2) is 29.1 Å². The zero-order valence-corrected chi connectivity index (χ0v) is 9.82. The third-order valence-electron chi connectivity index (χ3n) is 3.17. The summed E-state index contributed by atoms with van der Waals surface area (Å²) in [6.45, 7) is 3.88. The number of rotatable bonds is 6. The number of carboxylic acids is 1. The minimum Gasteiger partial charge on any atom is -0.480 e. The molecule has 0 saturated heterocycles. The minimum atomic E-state index is -1.11. The summed E-state index contributed by atoms with van der Waals surface area (Å²) in [4.78, 5) is 22.8. The largest absolute Gasteiger partial charge is 0.480 e. The van der Waals surface area contributed by atoms with E-state index in [0.717, 1.165) is 12.8 Å². The average molecular weight is 228 g/mol. The Bertz CT molecular complexity index is 289. The van der Waals surface area contributed by atoms with Crippen LogP contribution in [0.1, 0.15) is 33.1 Å². The highest BCUT2D eigenvalue weighted by molar-refractivity contribution is 5.87. The first-order valence-electron chi connectivity index (χ1n) is 5.64. The number of hydrogen-bond acceptors (Lipinski definition) is 3. The molecule has 5 nitrogen and oxygen atoms in total. The van der Waals surface area contributed by atoms with Crippen molar-refractivity contribution in [2.45, 2.75) is 38.6 Å². The monoisotopic (exact) mass is 228 g/mol. The summed E-state index contributed by atoms with van der Waals surface area (Å²) < 4.78 is 0. The lowest BCUT2D eigenvalue weighted by Crippen LogP contribution is -2.54. The number of carboxylic acid groups (broad SMARTS) is 1. The lowest BCUT2D eigenvalue weighted by atomic mass is 9.95. The topological polar surface area (TPSA) is 92.4 Å². The molecule has 0 aromatic carbocycles. The number of aliphatic carboxylic acids is 1. The van der Waals surface area contributed by atoms with Gasteiger partial charge < -0.3 is 16.2 Å². The molecule has 0 aliphatic heterocycles. The van der Waals surface area contributed by atoms with Gasteiger partial charge in [0.05, 0.1) is 0 Å². The second-order valence-corrected chi connectivity index (χ2v) is 4.87. The molecule has 1 rings (SSSR count). The first-order valence-corrected chi connectivity index (χ1v) is 5.64. The number of carbonyl (C=O) groups is 2. The average Bonchev–Trinajstić information content (AvgIpc) is 2.99. The number of nitrogens with two attached hydrogens (primary N) is 1. The molecule has 1 aliphatic carbocycles. The first-order chi connectivity index (χ1) is 7.40. The molecule has 1 fully saturated rings. The summed E-state index contributed by atoms with van der Waals surface area (Å²) in [5, 5.41) is 11.8. The Morgan fingerprint density at radius 3 is 2.50 bits per heavy atom. The van der Waals surface area contributed by atoms with E-state index in [1.165, 1.54) is 0 Å². The SMILES string of the molecule is CC(CN)CC(=O)NC(C)(C(=O)O)C1CC1. The van der Waals surface area contributed by atoms with Gasteiger partial charge in [0, 0.05) is 6.42 Å². The quantitative estimate of drug-likeness (QED) is 0.611. The highest BCUT2D eigenvalue weighted by atomic mass is 16.4. The Labute approximate surface area is 95.4 Å². The summed E-state index contributed by atoms with van der Waals surface area (Å²) in [7, 11) is 0. The summed E-state index contributed by atoms with van der Waals surface area (Å²) in [5.74, 6) is -1.03. The van der Waals surface area contributed by atoms with Crippen molar-refractivity contribution >= 4 is 11.9 Å². The van der Waals surface area contributed by atoms with Crippen molar-refractivity contribution in [2.75, 3.05) is 6.54 Å². The van der Waals surface area contributed by atoms with E-state index in [0.29, 0.717) is 6.54 Å². The van der Waals surface area contributed by atoms with Gasteiger partial charge in [0.25, 0.3) is 0 Å². The Balaban J connectivity index is 2.55. The minimum absolute atomic E-state index is 0.0714. The lowest BCUT2D eigenvalue weighted by Gasteiger charge is -2.26. The van der Waals surface area contributed by atoms with Gasteiger partial charge >= 0.3 is 5.97 Å². The van der Waals surface area contributed by atoms with E-state index in [2.05, 4.69) is 5.32 Å². The van der Waals surface area contributed by atoms with Crippen molar-refractivity contribution in [2.24, 2.45) is 17.6 Å². The molecule has 2 unspecified atom stereocenters. The number of amides is 1. The molecule has 5 heteroatoms. The molecular weight excluding hydrogens is 208 g/mol. The van der Waals surface area contributed by atoms with Crippen LogP contribution in [0.5, 0.6) is 0 Å². The Morgan fingerprint density at radius 2 is 2.12 bits per heavy atom. The van der Waals surface area contributed by atoms with Gasteiger partial charge in [-0.3, -0.25) is 4.79 Å². The lowest BCUT2D eigenvalue weighted by molar-refractivity contribution is -0.148. The maximum absolute atomic E-state index is 11.6. The number of hydrogen-bond donors (Lipinski definition) is 3. The van der Waals surface area contributed by atoms with Crippen molar-refractivity contribution in [3.63, 3.8) is 0 Å². The van der Waals surface area contributed by atoms with E-state index in [9.17, 15) is 9.59 Å². The van der Waals surface area contributed by atoms with Crippen LogP contribution >= 0.6 is 0 Å². The smallest absolute Gasteiger partial charge is 0.329 e.